The highest BCUT2D eigenvalue weighted by molar-refractivity contribution is 5.76. The number of nitrogens with two attached hydrogens (primary N) is 1. The number of hydrogen-bond acceptors (Lipinski definition) is 5. The summed E-state index contributed by atoms with van der Waals surface area (Å²) >= 11 is 0. The fourth-order valence-electron chi connectivity index (χ4n) is 3.31. The Morgan fingerprint density at radius 1 is 1.42 bits per heavy atom. The molecule has 2 aromatic heterocycles. The first-order chi connectivity index (χ1) is 11.5. The van der Waals surface area contributed by atoms with E-state index in [1.165, 1.54) is 0 Å². The number of primary amides is 1. The molecule has 0 saturated carbocycles. The van der Waals surface area contributed by atoms with Crippen molar-refractivity contribution in [2.24, 2.45) is 11.7 Å². The molecule has 0 spiro atoms. The number of fused-ring (bicyclic) bond motifs is 1. The van der Waals surface area contributed by atoms with E-state index in [1.807, 2.05) is 31.4 Å². The van der Waals surface area contributed by atoms with Crippen LogP contribution in [0.15, 0.2) is 6.07 Å². The second-order valence-corrected chi connectivity index (χ2v) is 6.70. The van der Waals surface area contributed by atoms with Crippen LogP contribution >= 0.6 is 0 Å². The summed E-state index contributed by atoms with van der Waals surface area (Å²) in [6.07, 6.45) is 1.94. The topological polar surface area (TPSA) is 88.5 Å². The summed E-state index contributed by atoms with van der Waals surface area (Å²) in [5.74, 6) is 0.767. The van der Waals surface area contributed by atoms with Crippen molar-refractivity contribution in [2.45, 2.75) is 33.6 Å². The maximum atomic E-state index is 11.4. The third-order valence-corrected chi connectivity index (χ3v) is 4.83. The van der Waals surface area contributed by atoms with E-state index < -0.39 is 0 Å². The Hall–Kier alpha value is -2.15. The smallest absolute Gasteiger partial charge is 0.221 e. The quantitative estimate of drug-likeness (QED) is 0.862. The number of piperidine rings is 1. The van der Waals surface area contributed by atoms with Crippen LogP contribution in [0.2, 0.25) is 0 Å². The molecular weight excluding hydrogens is 304 g/mol. The minimum absolute atomic E-state index is 0.00922. The normalized spacial score (nSPS) is 18.9. The summed E-state index contributed by atoms with van der Waals surface area (Å²) in [4.78, 5) is 18.3. The van der Waals surface area contributed by atoms with Gasteiger partial charge in [0.2, 0.25) is 5.91 Å². The maximum Gasteiger partial charge on any atom is 0.221 e. The minimum Gasteiger partial charge on any atom is -0.369 e. The number of aryl methyl sites for hydroxylation is 3. The maximum absolute atomic E-state index is 11.4. The molecule has 1 atom stereocenters. The van der Waals surface area contributed by atoms with Crippen LogP contribution in [0.1, 0.15) is 29.8 Å². The third kappa shape index (κ3) is 3.36. The molecule has 7 nitrogen and oxygen atoms in total. The Kier molecular flexibility index (Phi) is 4.71. The van der Waals surface area contributed by atoms with Gasteiger partial charge in [0.1, 0.15) is 5.82 Å². The van der Waals surface area contributed by atoms with E-state index in [0.29, 0.717) is 0 Å². The van der Waals surface area contributed by atoms with Crippen molar-refractivity contribution in [3.05, 3.63) is 23.0 Å². The summed E-state index contributed by atoms with van der Waals surface area (Å²) in [5.41, 5.74) is 9.43. The van der Waals surface area contributed by atoms with E-state index in [4.69, 9.17) is 5.73 Å². The van der Waals surface area contributed by atoms with Gasteiger partial charge in [-0.2, -0.15) is 9.61 Å². The number of likely N-dealkylation sites (tertiary alicyclic amines) is 1. The lowest BCUT2D eigenvalue weighted by Gasteiger charge is -2.31. The molecule has 130 valence electrons. The average Bonchev–Trinajstić information content (AvgIpc) is 2.83. The molecule has 3 heterocycles. The first kappa shape index (κ1) is 16.7. The fraction of sp³-hybridized carbons (Fsp3) is 0.588. The van der Waals surface area contributed by atoms with Gasteiger partial charge in [-0.1, -0.05) is 0 Å². The highest BCUT2D eigenvalue weighted by Gasteiger charge is 2.23. The highest BCUT2D eigenvalue weighted by atomic mass is 16.1. The van der Waals surface area contributed by atoms with E-state index in [9.17, 15) is 4.79 Å². The van der Waals surface area contributed by atoms with Gasteiger partial charge >= 0.3 is 0 Å². The summed E-state index contributed by atoms with van der Waals surface area (Å²) in [6, 6.07) is 2.02. The summed E-state index contributed by atoms with van der Waals surface area (Å²) in [5, 5.41) is 8.03. The molecule has 24 heavy (non-hydrogen) atoms. The molecule has 0 bridgehead atoms. The number of carbonyl (C=O) groups excluding carboxylic acids is 1. The zero-order chi connectivity index (χ0) is 17.3. The number of nitrogens with zero attached hydrogens (tertiary/aromatic N) is 4. The van der Waals surface area contributed by atoms with Gasteiger partial charge in [-0.15, -0.1) is 0 Å². The van der Waals surface area contributed by atoms with Crippen LogP contribution in [-0.4, -0.2) is 51.6 Å². The van der Waals surface area contributed by atoms with Crippen LogP contribution in [-0.2, 0) is 4.79 Å². The standard InChI is InChI=1S/C17H26N6O/c1-11-9-15(23-17(20-11)12(2)13(3)21-23)19-6-8-22-7-4-5-14(10-22)16(18)24/h9,14,19H,4-8,10H2,1-3H3,(H2,18,24)/t14-/m0/s1. The van der Waals surface area contributed by atoms with Crippen LogP contribution < -0.4 is 11.1 Å². The van der Waals surface area contributed by atoms with Crippen molar-refractivity contribution in [2.75, 3.05) is 31.5 Å². The van der Waals surface area contributed by atoms with E-state index in [2.05, 4.69) is 20.3 Å². The van der Waals surface area contributed by atoms with Crippen molar-refractivity contribution in [3.63, 3.8) is 0 Å². The number of carbonyl (C=O) groups is 1. The van der Waals surface area contributed by atoms with E-state index in [-0.39, 0.29) is 11.8 Å². The molecule has 0 aliphatic carbocycles. The summed E-state index contributed by atoms with van der Waals surface area (Å²) in [6.45, 7) is 9.51. The molecule has 1 aliphatic rings. The number of hydrogen-bond donors (Lipinski definition) is 2. The van der Waals surface area contributed by atoms with Crippen LogP contribution in [0.25, 0.3) is 5.65 Å². The van der Waals surface area contributed by atoms with Crippen molar-refractivity contribution in [1.29, 1.82) is 0 Å². The van der Waals surface area contributed by atoms with E-state index >= 15 is 0 Å². The van der Waals surface area contributed by atoms with Crippen LogP contribution in [0.5, 0.6) is 0 Å². The lowest BCUT2D eigenvalue weighted by Crippen LogP contribution is -2.42. The van der Waals surface area contributed by atoms with Crippen LogP contribution in [0, 0.1) is 26.7 Å². The third-order valence-electron chi connectivity index (χ3n) is 4.83. The Morgan fingerprint density at radius 3 is 2.96 bits per heavy atom. The summed E-state index contributed by atoms with van der Waals surface area (Å²) < 4.78 is 1.88. The second-order valence-electron chi connectivity index (χ2n) is 6.70. The monoisotopic (exact) mass is 330 g/mol. The SMILES string of the molecule is Cc1cc(NCCN2CCC[C@H](C(N)=O)C2)n2nc(C)c(C)c2n1. The molecule has 7 heteroatoms. The fourth-order valence-corrected chi connectivity index (χ4v) is 3.31. The molecule has 3 rings (SSSR count). The lowest BCUT2D eigenvalue weighted by molar-refractivity contribution is -0.123. The van der Waals surface area contributed by atoms with Gasteiger partial charge in [-0.3, -0.25) is 4.79 Å². The van der Waals surface area contributed by atoms with Crippen molar-refractivity contribution in [1.82, 2.24) is 19.5 Å². The molecule has 3 N–H and O–H groups in total. The Morgan fingerprint density at radius 2 is 2.21 bits per heavy atom. The lowest BCUT2D eigenvalue weighted by atomic mass is 9.97. The largest absolute Gasteiger partial charge is 0.369 e. The van der Waals surface area contributed by atoms with Gasteiger partial charge in [-0.25, -0.2) is 4.98 Å². The Balaban J connectivity index is 1.66. The number of amides is 1. The predicted octanol–water partition coefficient (Wildman–Crippen LogP) is 1.26. The van der Waals surface area contributed by atoms with Crippen LogP contribution in [0.3, 0.4) is 0 Å². The molecule has 1 aliphatic heterocycles. The number of aromatic nitrogens is 3. The van der Waals surface area contributed by atoms with Gasteiger partial charge in [0.15, 0.2) is 5.65 Å². The highest BCUT2D eigenvalue weighted by Crippen LogP contribution is 2.19. The van der Waals surface area contributed by atoms with Gasteiger partial charge in [0.05, 0.1) is 11.6 Å². The second kappa shape index (κ2) is 6.76. The number of rotatable bonds is 5. The van der Waals surface area contributed by atoms with E-state index in [1.54, 1.807) is 0 Å². The Bertz CT molecular complexity index is 753. The molecule has 1 amide bonds. The molecule has 1 saturated heterocycles. The van der Waals surface area contributed by atoms with Gasteiger partial charge < -0.3 is 16.0 Å². The molecule has 0 unspecified atom stereocenters. The number of nitrogens with one attached hydrogen (secondary N) is 1. The number of anilines is 1. The molecule has 0 aromatic carbocycles. The molecular formula is C17H26N6O. The van der Waals surface area contributed by atoms with Crippen molar-refractivity contribution >= 4 is 17.4 Å². The van der Waals surface area contributed by atoms with Crippen LogP contribution in [0.4, 0.5) is 5.82 Å². The van der Waals surface area contributed by atoms with Crippen molar-refractivity contribution in [3.8, 4) is 0 Å². The first-order valence-corrected chi connectivity index (χ1v) is 8.55. The zero-order valence-corrected chi connectivity index (χ0v) is 14.7. The van der Waals surface area contributed by atoms with Gasteiger partial charge in [0.25, 0.3) is 0 Å². The predicted molar refractivity (Wildman–Crippen MR) is 94.0 cm³/mol. The first-order valence-electron chi connectivity index (χ1n) is 8.55. The minimum atomic E-state index is -0.179. The molecule has 0 radical (unpaired) electrons. The van der Waals surface area contributed by atoms with Gasteiger partial charge in [-0.05, 0) is 40.2 Å². The summed E-state index contributed by atoms with van der Waals surface area (Å²) in [7, 11) is 0. The van der Waals surface area contributed by atoms with E-state index in [0.717, 1.165) is 67.4 Å². The van der Waals surface area contributed by atoms with Crippen molar-refractivity contribution < 1.29 is 4.79 Å². The molecule has 1 fully saturated rings. The average molecular weight is 330 g/mol. The molecule has 2 aromatic rings. The zero-order valence-electron chi connectivity index (χ0n) is 14.7. The van der Waals surface area contributed by atoms with Gasteiger partial charge in [0, 0.05) is 37.0 Å². The Labute approximate surface area is 142 Å².